The van der Waals surface area contributed by atoms with Gasteiger partial charge in [-0.2, -0.15) is 0 Å². The molecule has 24 heavy (non-hydrogen) atoms. The number of rotatable bonds is 14. The van der Waals surface area contributed by atoms with Crippen molar-refractivity contribution in [3.63, 3.8) is 0 Å². The Balaban J connectivity index is -0.00000220. The third-order valence-electron chi connectivity index (χ3n) is 4.31. The van der Waals surface area contributed by atoms with Crippen LogP contribution >= 0.6 is 0 Å². The standard InChI is InChI=1S/C18H36N2O2.CH4.H3N/c1-4-6-7-8-9-10-11-12-13-20-18(22)15(3)14-16(5-2)17(19)21;;/h15-16H,4-14H2,1-3H3,(H2,19,21)(H,20,22);1H4;1H3. The summed E-state index contributed by atoms with van der Waals surface area (Å²) in [7, 11) is 0. The third kappa shape index (κ3) is 14.5. The zero-order valence-corrected chi connectivity index (χ0v) is 15.5. The Labute approximate surface area is 150 Å². The maximum atomic E-state index is 12.0. The monoisotopic (exact) mass is 345 g/mol. The molecular formula is C19H43N3O2. The topological polar surface area (TPSA) is 107 Å². The predicted molar refractivity (Wildman–Crippen MR) is 104 cm³/mol. The Bertz CT molecular complexity index is 309. The van der Waals surface area contributed by atoms with E-state index in [0.717, 1.165) is 13.0 Å². The van der Waals surface area contributed by atoms with E-state index in [1.54, 1.807) is 0 Å². The molecule has 0 aromatic heterocycles. The molecule has 0 spiro atoms. The minimum atomic E-state index is -0.301. The Morgan fingerprint density at radius 3 is 1.92 bits per heavy atom. The lowest BCUT2D eigenvalue weighted by atomic mass is 9.92. The number of nitrogens with two attached hydrogens (primary N) is 1. The summed E-state index contributed by atoms with van der Waals surface area (Å²) < 4.78 is 0. The van der Waals surface area contributed by atoms with Gasteiger partial charge in [0.25, 0.3) is 0 Å². The second kappa shape index (κ2) is 18.2. The van der Waals surface area contributed by atoms with Gasteiger partial charge in [0.15, 0.2) is 0 Å². The van der Waals surface area contributed by atoms with E-state index in [9.17, 15) is 9.59 Å². The molecule has 0 heterocycles. The van der Waals surface area contributed by atoms with Crippen LogP contribution in [0.15, 0.2) is 0 Å². The molecule has 0 saturated carbocycles. The van der Waals surface area contributed by atoms with Crippen molar-refractivity contribution in [2.24, 2.45) is 17.6 Å². The summed E-state index contributed by atoms with van der Waals surface area (Å²) in [5.41, 5.74) is 5.32. The first-order valence-corrected chi connectivity index (χ1v) is 9.09. The first-order valence-electron chi connectivity index (χ1n) is 9.09. The number of nitrogens with one attached hydrogen (secondary N) is 1. The van der Waals surface area contributed by atoms with Crippen LogP contribution in [0.5, 0.6) is 0 Å². The highest BCUT2D eigenvalue weighted by molar-refractivity contribution is 5.80. The van der Waals surface area contributed by atoms with E-state index in [1.807, 2.05) is 13.8 Å². The molecule has 0 aliphatic heterocycles. The van der Waals surface area contributed by atoms with Crippen molar-refractivity contribution in [3.05, 3.63) is 0 Å². The number of unbranched alkanes of at least 4 members (excludes halogenated alkanes) is 7. The Kier molecular flexibility index (Phi) is 21.1. The van der Waals surface area contributed by atoms with Gasteiger partial charge < -0.3 is 17.2 Å². The molecule has 2 amide bonds. The van der Waals surface area contributed by atoms with Crippen LogP contribution in [0, 0.1) is 11.8 Å². The highest BCUT2D eigenvalue weighted by Gasteiger charge is 2.21. The molecule has 0 radical (unpaired) electrons. The van der Waals surface area contributed by atoms with Gasteiger partial charge in [0.1, 0.15) is 0 Å². The Morgan fingerprint density at radius 1 is 0.958 bits per heavy atom. The lowest BCUT2D eigenvalue weighted by Crippen LogP contribution is -2.33. The Morgan fingerprint density at radius 2 is 1.46 bits per heavy atom. The second-order valence-electron chi connectivity index (χ2n) is 6.41. The summed E-state index contributed by atoms with van der Waals surface area (Å²) in [4.78, 5) is 23.2. The highest BCUT2D eigenvalue weighted by Crippen LogP contribution is 2.15. The number of primary amides is 1. The van der Waals surface area contributed by atoms with Gasteiger partial charge in [0.2, 0.25) is 11.8 Å². The van der Waals surface area contributed by atoms with Gasteiger partial charge in [-0.05, 0) is 19.3 Å². The van der Waals surface area contributed by atoms with Crippen molar-refractivity contribution in [2.75, 3.05) is 6.54 Å². The smallest absolute Gasteiger partial charge is 0.222 e. The molecule has 5 nitrogen and oxygen atoms in total. The molecule has 2 unspecified atom stereocenters. The van der Waals surface area contributed by atoms with E-state index in [2.05, 4.69) is 12.2 Å². The number of hydrogen-bond acceptors (Lipinski definition) is 3. The van der Waals surface area contributed by atoms with Crippen LogP contribution in [0.3, 0.4) is 0 Å². The molecule has 0 aromatic carbocycles. The average molecular weight is 346 g/mol. The Hall–Kier alpha value is -1.10. The van der Waals surface area contributed by atoms with Crippen LogP contribution in [0.4, 0.5) is 0 Å². The molecular weight excluding hydrogens is 302 g/mol. The quantitative estimate of drug-likeness (QED) is 0.401. The van der Waals surface area contributed by atoms with Gasteiger partial charge in [-0.1, -0.05) is 73.1 Å². The van der Waals surface area contributed by atoms with Gasteiger partial charge in [0, 0.05) is 18.4 Å². The molecule has 0 saturated heterocycles. The predicted octanol–water partition coefficient (Wildman–Crippen LogP) is 4.58. The summed E-state index contributed by atoms with van der Waals surface area (Å²) in [5.74, 6) is -0.594. The zero-order chi connectivity index (χ0) is 16.8. The highest BCUT2D eigenvalue weighted by atomic mass is 16.2. The van der Waals surface area contributed by atoms with Gasteiger partial charge in [-0.15, -0.1) is 0 Å². The number of carbonyl (C=O) groups is 2. The summed E-state index contributed by atoms with van der Waals surface area (Å²) in [6, 6.07) is 0. The number of carbonyl (C=O) groups excluding carboxylic acids is 2. The van der Waals surface area contributed by atoms with Crippen molar-refractivity contribution in [2.45, 2.75) is 92.4 Å². The van der Waals surface area contributed by atoms with Gasteiger partial charge in [-0.25, -0.2) is 0 Å². The second-order valence-corrected chi connectivity index (χ2v) is 6.41. The van der Waals surface area contributed by atoms with Gasteiger partial charge in [-0.3, -0.25) is 9.59 Å². The van der Waals surface area contributed by atoms with Crippen molar-refractivity contribution in [1.82, 2.24) is 11.5 Å². The van der Waals surface area contributed by atoms with Crippen LogP contribution in [-0.2, 0) is 9.59 Å². The van der Waals surface area contributed by atoms with Crippen LogP contribution in [0.25, 0.3) is 0 Å². The molecule has 5 heteroatoms. The molecule has 0 aliphatic carbocycles. The maximum Gasteiger partial charge on any atom is 0.222 e. The average Bonchev–Trinajstić information content (AvgIpc) is 2.50. The van der Waals surface area contributed by atoms with E-state index in [-0.39, 0.29) is 37.2 Å². The fourth-order valence-electron chi connectivity index (χ4n) is 2.66. The van der Waals surface area contributed by atoms with Crippen molar-refractivity contribution >= 4 is 11.8 Å². The molecule has 0 fully saturated rings. The van der Waals surface area contributed by atoms with Gasteiger partial charge in [0.05, 0.1) is 0 Å². The molecule has 2 atom stereocenters. The molecule has 6 N–H and O–H groups in total. The first-order chi connectivity index (χ1) is 10.5. The van der Waals surface area contributed by atoms with Crippen LogP contribution in [0.2, 0.25) is 0 Å². The molecule has 0 aliphatic rings. The number of amides is 2. The van der Waals surface area contributed by atoms with E-state index in [4.69, 9.17) is 5.73 Å². The van der Waals surface area contributed by atoms with Gasteiger partial charge >= 0.3 is 0 Å². The fraction of sp³-hybridized carbons (Fsp3) is 0.895. The largest absolute Gasteiger partial charge is 0.369 e. The summed E-state index contributed by atoms with van der Waals surface area (Å²) in [5, 5.41) is 2.97. The summed E-state index contributed by atoms with van der Waals surface area (Å²) >= 11 is 0. The van der Waals surface area contributed by atoms with E-state index in [0.29, 0.717) is 12.8 Å². The zero-order valence-electron chi connectivity index (χ0n) is 15.5. The lowest BCUT2D eigenvalue weighted by molar-refractivity contribution is -0.126. The third-order valence-corrected chi connectivity index (χ3v) is 4.31. The van der Waals surface area contributed by atoms with Crippen molar-refractivity contribution < 1.29 is 9.59 Å². The van der Waals surface area contributed by atoms with E-state index < -0.39 is 0 Å². The van der Waals surface area contributed by atoms with E-state index in [1.165, 1.54) is 44.9 Å². The fourth-order valence-corrected chi connectivity index (χ4v) is 2.66. The maximum absolute atomic E-state index is 12.0. The van der Waals surface area contributed by atoms with E-state index >= 15 is 0 Å². The first kappa shape index (κ1) is 27.7. The van der Waals surface area contributed by atoms with Crippen LogP contribution in [-0.4, -0.2) is 18.4 Å². The minimum absolute atomic E-state index is 0. The van der Waals surface area contributed by atoms with Crippen molar-refractivity contribution in [3.8, 4) is 0 Å². The molecule has 0 aromatic rings. The SMILES string of the molecule is C.CCCCCCCCCCNC(=O)C(C)CC(CC)C(N)=O.N. The lowest BCUT2D eigenvalue weighted by Gasteiger charge is -2.16. The molecule has 0 bridgehead atoms. The molecule has 0 rings (SSSR count). The summed E-state index contributed by atoms with van der Waals surface area (Å²) in [6.07, 6.45) is 11.4. The number of hydrogen-bond donors (Lipinski definition) is 3. The van der Waals surface area contributed by atoms with Crippen molar-refractivity contribution in [1.29, 1.82) is 0 Å². The van der Waals surface area contributed by atoms with Crippen LogP contribution in [0.1, 0.15) is 92.4 Å². The molecule has 146 valence electrons. The van der Waals surface area contributed by atoms with Crippen LogP contribution < -0.4 is 17.2 Å². The normalized spacial score (nSPS) is 12.5. The minimum Gasteiger partial charge on any atom is -0.369 e. The summed E-state index contributed by atoms with van der Waals surface area (Å²) in [6.45, 7) is 6.77.